The summed E-state index contributed by atoms with van der Waals surface area (Å²) in [5, 5.41) is 11.2. The molecule has 1 aliphatic heterocycles. The van der Waals surface area contributed by atoms with Crippen LogP contribution in [-0.4, -0.2) is 48.8 Å². The van der Waals surface area contributed by atoms with Crippen LogP contribution < -0.4 is 24.4 Å². The largest absolute Gasteiger partial charge is 0.497 e. The fraction of sp³-hybridized carbons (Fsp3) is 0.143. The Balaban J connectivity index is 1.92. The second-order valence-corrected chi connectivity index (χ2v) is 6.64. The molecule has 1 aliphatic rings. The molecule has 0 aromatic heterocycles. The third-order valence-corrected chi connectivity index (χ3v) is 4.57. The minimum atomic E-state index is -1.13. The van der Waals surface area contributed by atoms with Crippen molar-refractivity contribution in [3.8, 4) is 17.2 Å². The maximum atomic E-state index is 13.1. The lowest BCUT2D eigenvalue weighted by Crippen LogP contribution is -2.54. The van der Waals surface area contributed by atoms with Crippen LogP contribution in [0.25, 0.3) is 6.08 Å². The molecule has 0 aliphatic carbocycles. The Morgan fingerprint density at radius 3 is 2.42 bits per heavy atom. The maximum absolute atomic E-state index is 13.1. The molecule has 3 rings (SSSR count). The number of nitrogens with zero attached hydrogens (tertiary/aromatic N) is 1. The van der Waals surface area contributed by atoms with Gasteiger partial charge in [0.1, 0.15) is 11.3 Å². The molecular weight excluding hydrogens is 424 g/mol. The highest BCUT2D eigenvalue weighted by atomic mass is 32.1. The van der Waals surface area contributed by atoms with E-state index in [0.29, 0.717) is 17.0 Å². The van der Waals surface area contributed by atoms with E-state index in [1.165, 1.54) is 37.3 Å². The van der Waals surface area contributed by atoms with Gasteiger partial charge < -0.3 is 19.3 Å². The standard InChI is InChI=1S/C21H18N2O7S/c1-28-14-6-4-13(5-7-14)23-20(27)15(19(26)22-21(23)31)9-12-3-8-16(17(10-12)29-2)30-11-18(24)25/h3-10H,11H2,1-2H3,(H,24,25)(H,22,26,31). The minimum Gasteiger partial charge on any atom is -0.497 e. The van der Waals surface area contributed by atoms with Crippen molar-refractivity contribution in [2.75, 3.05) is 25.7 Å². The molecule has 0 bridgehead atoms. The summed E-state index contributed by atoms with van der Waals surface area (Å²) in [7, 11) is 2.92. The second-order valence-electron chi connectivity index (χ2n) is 6.25. The van der Waals surface area contributed by atoms with E-state index in [1.807, 2.05) is 0 Å². The summed E-state index contributed by atoms with van der Waals surface area (Å²) in [6, 6.07) is 11.2. The molecule has 2 amide bonds. The number of hydrogen-bond donors (Lipinski definition) is 2. The van der Waals surface area contributed by atoms with Crippen molar-refractivity contribution >= 4 is 46.9 Å². The van der Waals surface area contributed by atoms with E-state index >= 15 is 0 Å². The second kappa shape index (κ2) is 9.26. The Morgan fingerprint density at radius 1 is 1.10 bits per heavy atom. The number of hydrogen-bond acceptors (Lipinski definition) is 7. The first kappa shape index (κ1) is 21.8. The van der Waals surface area contributed by atoms with E-state index in [9.17, 15) is 14.4 Å². The Morgan fingerprint density at radius 2 is 1.81 bits per heavy atom. The molecular formula is C21H18N2O7S. The predicted molar refractivity (Wildman–Crippen MR) is 115 cm³/mol. The Bertz CT molecular complexity index is 1080. The van der Waals surface area contributed by atoms with Crippen molar-refractivity contribution in [1.82, 2.24) is 5.32 Å². The molecule has 1 fully saturated rings. The van der Waals surface area contributed by atoms with Gasteiger partial charge in [0.2, 0.25) is 0 Å². The molecule has 1 heterocycles. The van der Waals surface area contributed by atoms with Crippen molar-refractivity contribution in [1.29, 1.82) is 0 Å². The Labute approximate surface area is 182 Å². The van der Waals surface area contributed by atoms with Gasteiger partial charge >= 0.3 is 5.97 Å². The number of aliphatic carboxylic acids is 1. The van der Waals surface area contributed by atoms with Crippen LogP contribution in [0.3, 0.4) is 0 Å². The molecule has 0 unspecified atom stereocenters. The topological polar surface area (TPSA) is 114 Å². The number of methoxy groups -OCH3 is 2. The van der Waals surface area contributed by atoms with Gasteiger partial charge in [0.15, 0.2) is 23.2 Å². The fourth-order valence-electron chi connectivity index (χ4n) is 2.82. The van der Waals surface area contributed by atoms with Gasteiger partial charge in [-0.25, -0.2) is 4.79 Å². The van der Waals surface area contributed by atoms with Crippen molar-refractivity contribution in [2.24, 2.45) is 0 Å². The van der Waals surface area contributed by atoms with Crippen LogP contribution in [0.15, 0.2) is 48.0 Å². The number of thiocarbonyl (C=S) groups is 1. The number of anilines is 1. The van der Waals surface area contributed by atoms with E-state index in [4.69, 9.17) is 31.5 Å². The van der Waals surface area contributed by atoms with E-state index in [-0.39, 0.29) is 22.2 Å². The normalized spacial score (nSPS) is 15.0. The molecule has 0 atom stereocenters. The number of carbonyl (C=O) groups excluding carboxylic acids is 2. The number of carboxylic acids is 1. The van der Waals surface area contributed by atoms with Crippen molar-refractivity contribution in [3.05, 3.63) is 53.6 Å². The molecule has 0 saturated carbocycles. The number of carboxylic acid groups (broad SMARTS) is 1. The highest BCUT2D eigenvalue weighted by Crippen LogP contribution is 2.30. The quantitative estimate of drug-likeness (QED) is 0.380. The summed E-state index contributed by atoms with van der Waals surface area (Å²) < 4.78 is 15.5. The number of carbonyl (C=O) groups is 3. The Hall–Kier alpha value is -3.92. The van der Waals surface area contributed by atoms with Crippen LogP contribution in [0.5, 0.6) is 17.2 Å². The van der Waals surface area contributed by atoms with Crippen LogP contribution in [0.2, 0.25) is 0 Å². The van der Waals surface area contributed by atoms with E-state index in [0.717, 1.165) is 0 Å². The van der Waals surface area contributed by atoms with Gasteiger partial charge in [-0.15, -0.1) is 0 Å². The molecule has 160 valence electrons. The summed E-state index contributed by atoms with van der Waals surface area (Å²) in [5.41, 5.74) is 0.808. The molecule has 2 aromatic rings. The number of amides is 2. The number of ether oxygens (including phenoxy) is 3. The van der Waals surface area contributed by atoms with Crippen LogP contribution in [0.1, 0.15) is 5.56 Å². The van der Waals surface area contributed by atoms with Gasteiger partial charge in [0.05, 0.1) is 19.9 Å². The molecule has 2 aromatic carbocycles. The summed E-state index contributed by atoms with van der Waals surface area (Å²) >= 11 is 5.18. The average Bonchev–Trinajstić information content (AvgIpc) is 2.75. The Kier molecular flexibility index (Phi) is 6.51. The van der Waals surface area contributed by atoms with E-state index in [1.54, 1.807) is 30.3 Å². The van der Waals surface area contributed by atoms with Crippen LogP contribution >= 0.6 is 12.2 Å². The molecule has 1 saturated heterocycles. The summed E-state index contributed by atoms with van der Waals surface area (Å²) in [6.07, 6.45) is 1.39. The van der Waals surface area contributed by atoms with E-state index in [2.05, 4.69) is 5.32 Å². The minimum absolute atomic E-state index is 0.0349. The van der Waals surface area contributed by atoms with Crippen molar-refractivity contribution in [3.63, 3.8) is 0 Å². The van der Waals surface area contributed by atoms with Gasteiger partial charge in [0.25, 0.3) is 11.8 Å². The third kappa shape index (κ3) is 4.81. The first-order chi connectivity index (χ1) is 14.8. The lowest BCUT2D eigenvalue weighted by atomic mass is 10.1. The predicted octanol–water partition coefficient (Wildman–Crippen LogP) is 2.00. The van der Waals surface area contributed by atoms with E-state index < -0.39 is 24.4 Å². The zero-order chi connectivity index (χ0) is 22.5. The first-order valence-corrected chi connectivity index (χ1v) is 9.33. The zero-order valence-corrected chi connectivity index (χ0v) is 17.4. The molecule has 9 nitrogen and oxygen atoms in total. The van der Waals surface area contributed by atoms with Crippen LogP contribution in [0, 0.1) is 0 Å². The van der Waals surface area contributed by atoms with Gasteiger partial charge in [0, 0.05) is 0 Å². The van der Waals surface area contributed by atoms with Crippen LogP contribution in [-0.2, 0) is 14.4 Å². The van der Waals surface area contributed by atoms with Gasteiger partial charge in [-0.2, -0.15) is 0 Å². The average molecular weight is 442 g/mol. The molecule has 0 radical (unpaired) electrons. The van der Waals surface area contributed by atoms with Gasteiger partial charge in [-0.05, 0) is 60.3 Å². The summed E-state index contributed by atoms with van der Waals surface area (Å²) in [4.78, 5) is 37.4. The molecule has 0 spiro atoms. The number of nitrogens with one attached hydrogen (secondary N) is 1. The SMILES string of the molecule is COc1ccc(N2C(=O)C(=Cc3ccc(OCC(=O)O)c(OC)c3)C(=O)NC2=S)cc1. The lowest BCUT2D eigenvalue weighted by Gasteiger charge is -2.29. The number of rotatable bonds is 7. The van der Waals surface area contributed by atoms with Gasteiger partial charge in [-0.3, -0.25) is 19.8 Å². The molecule has 10 heteroatoms. The van der Waals surface area contributed by atoms with Crippen molar-refractivity contribution in [2.45, 2.75) is 0 Å². The zero-order valence-electron chi connectivity index (χ0n) is 16.6. The smallest absolute Gasteiger partial charge is 0.341 e. The molecule has 2 N–H and O–H groups in total. The highest BCUT2D eigenvalue weighted by molar-refractivity contribution is 7.80. The fourth-order valence-corrected chi connectivity index (χ4v) is 3.10. The van der Waals surface area contributed by atoms with Crippen LogP contribution in [0.4, 0.5) is 5.69 Å². The maximum Gasteiger partial charge on any atom is 0.341 e. The molecule has 31 heavy (non-hydrogen) atoms. The van der Waals surface area contributed by atoms with Gasteiger partial charge in [-0.1, -0.05) is 6.07 Å². The third-order valence-electron chi connectivity index (χ3n) is 4.28. The van der Waals surface area contributed by atoms with Crippen molar-refractivity contribution < 1.29 is 33.7 Å². The number of benzene rings is 2. The lowest BCUT2D eigenvalue weighted by molar-refractivity contribution is -0.139. The monoisotopic (exact) mass is 442 g/mol. The first-order valence-electron chi connectivity index (χ1n) is 8.92. The highest BCUT2D eigenvalue weighted by Gasteiger charge is 2.34. The summed E-state index contributed by atoms with van der Waals surface area (Å²) in [6.45, 7) is -0.536. The summed E-state index contributed by atoms with van der Waals surface area (Å²) in [5.74, 6) is -1.29.